The molecular formula is C15H24FN3O3. The standard InChI is InChI=1S/C15H24FN3O3/c1-5-12(6-10(2)16)15(4,9-17)19-8-13(22-14(19)21)7-18-11(3)20/h6,9-10,13,17H,5,7-8H2,1-4H3,(H,18,20)/b12-6+,17-9?/t10?,13-,15?/m0/s1. The molecule has 0 saturated carbocycles. The molecule has 0 aliphatic carbocycles. The van der Waals surface area contributed by atoms with Gasteiger partial charge < -0.3 is 15.5 Å². The molecule has 0 radical (unpaired) electrons. The average molecular weight is 313 g/mol. The molecule has 0 aromatic rings. The summed E-state index contributed by atoms with van der Waals surface area (Å²) in [6, 6.07) is 0. The molecule has 1 saturated heterocycles. The molecule has 1 heterocycles. The summed E-state index contributed by atoms with van der Waals surface area (Å²) in [5.41, 5.74) is -0.383. The molecule has 7 heteroatoms. The first-order chi connectivity index (χ1) is 10.2. The Morgan fingerprint density at radius 2 is 2.32 bits per heavy atom. The average Bonchev–Trinajstić information content (AvgIpc) is 2.83. The van der Waals surface area contributed by atoms with Crippen LogP contribution in [-0.4, -0.2) is 54.0 Å². The molecule has 3 atom stereocenters. The Bertz CT molecular complexity index is 479. The van der Waals surface area contributed by atoms with Crippen molar-refractivity contribution in [3.63, 3.8) is 0 Å². The maximum atomic E-state index is 13.3. The number of cyclic esters (lactones) is 1. The van der Waals surface area contributed by atoms with Crippen molar-refractivity contribution >= 4 is 18.2 Å². The molecule has 1 fully saturated rings. The number of carbonyl (C=O) groups is 2. The minimum Gasteiger partial charge on any atom is -0.442 e. The number of amides is 2. The van der Waals surface area contributed by atoms with E-state index in [0.29, 0.717) is 12.0 Å². The summed E-state index contributed by atoms with van der Waals surface area (Å²) in [4.78, 5) is 24.5. The molecule has 124 valence electrons. The first kappa shape index (κ1) is 18.1. The van der Waals surface area contributed by atoms with Crippen molar-refractivity contribution in [2.45, 2.75) is 51.9 Å². The van der Waals surface area contributed by atoms with Gasteiger partial charge in [-0.25, -0.2) is 9.18 Å². The number of rotatable bonds is 7. The normalized spacial score (nSPS) is 22.8. The quantitative estimate of drug-likeness (QED) is 0.557. The number of halogens is 1. The number of alkyl halides is 1. The maximum Gasteiger partial charge on any atom is 0.411 e. The molecule has 2 N–H and O–H groups in total. The minimum absolute atomic E-state index is 0.204. The third-order valence-electron chi connectivity index (χ3n) is 3.76. The van der Waals surface area contributed by atoms with Gasteiger partial charge in [0.2, 0.25) is 5.91 Å². The van der Waals surface area contributed by atoms with E-state index in [0.717, 1.165) is 6.21 Å². The Hall–Kier alpha value is -1.92. The number of nitrogens with zero attached hydrogens (tertiary/aromatic N) is 1. The zero-order chi connectivity index (χ0) is 16.9. The molecule has 0 aromatic heterocycles. The first-order valence-electron chi connectivity index (χ1n) is 7.34. The summed E-state index contributed by atoms with van der Waals surface area (Å²) in [7, 11) is 0. The Kier molecular flexibility index (Phi) is 6.08. The number of carbonyl (C=O) groups excluding carboxylic acids is 2. The van der Waals surface area contributed by atoms with E-state index in [9.17, 15) is 14.0 Å². The largest absolute Gasteiger partial charge is 0.442 e. The second-order valence-corrected chi connectivity index (χ2v) is 5.57. The minimum atomic E-state index is -1.16. The highest BCUT2D eigenvalue weighted by molar-refractivity contribution is 5.82. The molecule has 0 spiro atoms. The molecule has 0 bridgehead atoms. The summed E-state index contributed by atoms with van der Waals surface area (Å²) in [6.07, 6.45) is 0.874. The van der Waals surface area contributed by atoms with Crippen molar-refractivity contribution in [3.8, 4) is 0 Å². The van der Waals surface area contributed by atoms with Gasteiger partial charge in [0.05, 0.1) is 18.6 Å². The fourth-order valence-corrected chi connectivity index (χ4v) is 2.53. The Labute approximate surface area is 130 Å². The van der Waals surface area contributed by atoms with Gasteiger partial charge in [-0.05, 0) is 31.9 Å². The maximum absolute atomic E-state index is 13.3. The van der Waals surface area contributed by atoms with Crippen molar-refractivity contribution < 1.29 is 18.7 Å². The molecule has 1 rings (SSSR count). The van der Waals surface area contributed by atoms with E-state index in [4.69, 9.17) is 10.1 Å². The number of nitrogens with one attached hydrogen (secondary N) is 2. The lowest BCUT2D eigenvalue weighted by Gasteiger charge is -2.36. The highest BCUT2D eigenvalue weighted by atomic mass is 19.1. The molecule has 2 unspecified atom stereocenters. The van der Waals surface area contributed by atoms with Gasteiger partial charge in [0.1, 0.15) is 12.3 Å². The predicted molar refractivity (Wildman–Crippen MR) is 81.8 cm³/mol. The van der Waals surface area contributed by atoms with E-state index in [1.54, 1.807) is 6.92 Å². The lowest BCUT2D eigenvalue weighted by Crippen LogP contribution is -2.50. The van der Waals surface area contributed by atoms with Crippen LogP contribution in [0.15, 0.2) is 11.6 Å². The third-order valence-corrected chi connectivity index (χ3v) is 3.76. The van der Waals surface area contributed by atoms with Gasteiger partial charge in [0.15, 0.2) is 0 Å². The van der Waals surface area contributed by atoms with Gasteiger partial charge in [-0.1, -0.05) is 6.92 Å². The zero-order valence-electron chi connectivity index (χ0n) is 13.5. The summed E-state index contributed by atoms with van der Waals surface area (Å²) in [5.74, 6) is -0.204. The molecule has 0 aromatic carbocycles. The second-order valence-electron chi connectivity index (χ2n) is 5.57. The van der Waals surface area contributed by atoms with Crippen LogP contribution in [0.25, 0.3) is 0 Å². The van der Waals surface area contributed by atoms with Crippen LogP contribution in [0.3, 0.4) is 0 Å². The SMILES string of the molecule is CC/C(=C\C(C)F)C(C)(C=N)N1C[C@H](CNC(C)=O)OC1=O. The Balaban J connectivity index is 2.96. The van der Waals surface area contributed by atoms with Crippen LogP contribution >= 0.6 is 0 Å². The number of allylic oxidation sites excluding steroid dienone is 1. The topological polar surface area (TPSA) is 82.5 Å². The van der Waals surface area contributed by atoms with Crippen LogP contribution in [0.4, 0.5) is 9.18 Å². The van der Waals surface area contributed by atoms with E-state index in [-0.39, 0.29) is 19.0 Å². The summed E-state index contributed by atoms with van der Waals surface area (Å²) in [5, 5.41) is 10.3. The highest BCUT2D eigenvalue weighted by Gasteiger charge is 2.44. The molecule has 22 heavy (non-hydrogen) atoms. The Morgan fingerprint density at radius 1 is 1.68 bits per heavy atom. The third kappa shape index (κ3) is 4.05. The summed E-state index contributed by atoms with van der Waals surface area (Å²) in [6.45, 7) is 6.80. The van der Waals surface area contributed by atoms with Gasteiger partial charge in [-0.15, -0.1) is 0 Å². The van der Waals surface area contributed by atoms with Gasteiger partial charge in [0, 0.05) is 13.1 Å². The van der Waals surface area contributed by atoms with Crippen molar-refractivity contribution in [2.24, 2.45) is 0 Å². The first-order valence-corrected chi connectivity index (χ1v) is 7.34. The van der Waals surface area contributed by atoms with Crippen molar-refractivity contribution in [1.82, 2.24) is 10.2 Å². The molecular weight excluding hydrogens is 289 g/mol. The van der Waals surface area contributed by atoms with Gasteiger partial charge in [0.25, 0.3) is 0 Å². The highest BCUT2D eigenvalue weighted by Crippen LogP contribution is 2.30. The zero-order valence-corrected chi connectivity index (χ0v) is 13.5. The monoisotopic (exact) mass is 313 g/mol. The van der Waals surface area contributed by atoms with Gasteiger partial charge >= 0.3 is 6.09 Å². The van der Waals surface area contributed by atoms with E-state index in [2.05, 4.69) is 5.32 Å². The number of hydrogen-bond donors (Lipinski definition) is 2. The smallest absolute Gasteiger partial charge is 0.411 e. The second kappa shape index (κ2) is 7.38. The Morgan fingerprint density at radius 3 is 2.77 bits per heavy atom. The van der Waals surface area contributed by atoms with E-state index < -0.39 is 23.9 Å². The lowest BCUT2D eigenvalue weighted by atomic mass is 9.88. The van der Waals surface area contributed by atoms with Crippen molar-refractivity contribution in [1.29, 1.82) is 5.41 Å². The summed E-state index contributed by atoms with van der Waals surface area (Å²) < 4.78 is 18.6. The molecule has 1 aliphatic rings. The van der Waals surface area contributed by atoms with Crippen molar-refractivity contribution in [2.75, 3.05) is 13.1 Å². The fraction of sp³-hybridized carbons (Fsp3) is 0.667. The lowest BCUT2D eigenvalue weighted by molar-refractivity contribution is -0.119. The van der Waals surface area contributed by atoms with E-state index >= 15 is 0 Å². The molecule has 6 nitrogen and oxygen atoms in total. The molecule has 1 aliphatic heterocycles. The molecule has 2 amide bonds. The van der Waals surface area contributed by atoms with Crippen LogP contribution in [-0.2, 0) is 9.53 Å². The predicted octanol–water partition coefficient (Wildman–Crippen LogP) is 2.05. The van der Waals surface area contributed by atoms with Crippen LogP contribution < -0.4 is 5.32 Å². The van der Waals surface area contributed by atoms with Crippen molar-refractivity contribution in [3.05, 3.63) is 11.6 Å². The van der Waals surface area contributed by atoms with Crippen LogP contribution in [0.5, 0.6) is 0 Å². The number of ether oxygens (including phenoxy) is 1. The fourth-order valence-electron chi connectivity index (χ4n) is 2.53. The summed E-state index contributed by atoms with van der Waals surface area (Å²) >= 11 is 0. The van der Waals surface area contributed by atoms with E-state index in [1.165, 1.54) is 24.8 Å². The van der Waals surface area contributed by atoms with E-state index in [1.807, 2.05) is 6.92 Å². The van der Waals surface area contributed by atoms with Gasteiger partial charge in [-0.2, -0.15) is 0 Å². The van der Waals surface area contributed by atoms with Gasteiger partial charge in [-0.3, -0.25) is 9.69 Å². The van der Waals surface area contributed by atoms with Crippen LogP contribution in [0.1, 0.15) is 34.1 Å². The van der Waals surface area contributed by atoms with Crippen LogP contribution in [0.2, 0.25) is 0 Å². The number of hydrogen-bond acceptors (Lipinski definition) is 4. The van der Waals surface area contributed by atoms with Crippen LogP contribution in [0, 0.1) is 5.41 Å².